The highest BCUT2D eigenvalue weighted by Crippen LogP contribution is 2.14. The molecule has 0 unspecified atom stereocenters. The van der Waals surface area contributed by atoms with E-state index >= 15 is 0 Å². The molecule has 0 spiro atoms. The Hall–Kier alpha value is -2.20. The maximum atomic E-state index is 12.2. The molecule has 0 radical (unpaired) electrons. The standard InChI is InChI=1S/C20H22IN3O3S/c1-12(2)11-27-16-8-6-14(7-9-16)19(26)23-24-20(28)22-18(25)15-5-4-13(3)17(21)10-15/h4-10,12H,11H2,1-3H3,(H,23,26)(H2,22,24,25,28). The Morgan fingerprint density at radius 1 is 1.04 bits per heavy atom. The van der Waals surface area contributed by atoms with Crippen LogP contribution in [0, 0.1) is 16.4 Å². The lowest BCUT2D eigenvalue weighted by Crippen LogP contribution is -2.48. The summed E-state index contributed by atoms with van der Waals surface area (Å²) >= 11 is 7.22. The summed E-state index contributed by atoms with van der Waals surface area (Å²) in [6.07, 6.45) is 0. The second-order valence-corrected chi connectivity index (χ2v) is 8.13. The quantitative estimate of drug-likeness (QED) is 0.325. The highest BCUT2D eigenvalue weighted by atomic mass is 127. The number of ether oxygens (including phenoxy) is 1. The number of halogens is 1. The summed E-state index contributed by atoms with van der Waals surface area (Å²) in [5.74, 6) is 0.397. The molecule has 0 bridgehead atoms. The SMILES string of the molecule is Cc1ccc(C(=O)NC(=S)NNC(=O)c2ccc(OCC(C)C)cc2)cc1I. The molecule has 0 atom stereocenters. The van der Waals surface area contributed by atoms with Crippen LogP contribution in [0.5, 0.6) is 5.75 Å². The maximum absolute atomic E-state index is 12.2. The number of carbonyl (C=O) groups excluding carboxylic acids is 2. The van der Waals surface area contributed by atoms with Crippen LogP contribution in [0.15, 0.2) is 42.5 Å². The minimum atomic E-state index is -0.378. The molecule has 0 aromatic heterocycles. The van der Waals surface area contributed by atoms with Crippen LogP contribution >= 0.6 is 34.8 Å². The molecule has 6 nitrogen and oxygen atoms in total. The van der Waals surface area contributed by atoms with Crippen molar-refractivity contribution in [2.24, 2.45) is 5.92 Å². The van der Waals surface area contributed by atoms with Crippen LogP contribution in [-0.4, -0.2) is 23.5 Å². The zero-order valence-corrected chi connectivity index (χ0v) is 18.8. The summed E-state index contributed by atoms with van der Waals surface area (Å²) in [5, 5.41) is 2.53. The van der Waals surface area contributed by atoms with Crippen LogP contribution in [-0.2, 0) is 0 Å². The number of rotatable bonds is 5. The summed E-state index contributed by atoms with van der Waals surface area (Å²) in [5.41, 5.74) is 7.00. The van der Waals surface area contributed by atoms with E-state index in [-0.39, 0.29) is 16.9 Å². The number of hydrogen-bond donors (Lipinski definition) is 3. The van der Waals surface area contributed by atoms with Crippen molar-refractivity contribution in [1.82, 2.24) is 16.2 Å². The van der Waals surface area contributed by atoms with E-state index in [2.05, 4.69) is 52.6 Å². The van der Waals surface area contributed by atoms with Gasteiger partial charge in [-0.05, 0) is 89.6 Å². The second-order valence-electron chi connectivity index (χ2n) is 6.56. The maximum Gasteiger partial charge on any atom is 0.269 e. The lowest BCUT2D eigenvalue weighted by Gasteiger charge is -2.12. The number of carbonyl (C=O) groups is 2. The second kappa shape index (κ2) is 10.4. The van der Waals surface area contributed by atoms with Crippen LogP contribution in [0.1, 0.15) is 40.1 Å². The van der Waals surface area contributed by atoms with E-state index < -0.39 is 0 Å². The molecule has 0 heterocycles. The molecule has 28 heavy (non-hydrogen) atoms. The third-order valence-corrected chi connectivity index (χ3v) is 5.02. The Kier molecular flexibility index (Phi) is 8.18. The van der Waals surface area contributed by atoms with E-state index in [9.17, 15) is 9.59 Å². The predicted molar refractivity (Wildman–Crippen MR) is 121 cm³/mol. The molecule has 0 fully saturated rings. The molecule has 0 saturated heterocycles. The lowest BCUT2D eigenvalue weighted by molar-refractivity contribution is 0.0934. The van der Waals surface area contributed by atoms with Gasteiger partial charge in [-0.25, -0.2) is 0 Å². The Bertz CT molecular complexity index is 869. The van der Waals surface area contributed by atoms with Crippen molar-refractivity contribution in [1.29, 1.82) is 0 Å². The first-order chi connectivity index (χ1) is 13.3. The monoisotopic (exact) mass is 511 g/mol. The van der Waals surface area contributed by atoms with Crippen LogP contribution in [0.2, 0.25) is 0 Å². The van der Waals surface area contributed by atoms with Gasteiger partial charge in [0.15, 0.2) is 5.11 Å². The summed E-state index contributed by atoms with van der Waals surface area (Å²) in [7, 11) is 0. The fourth-order valence-electron chi connectivity index (χ4n) is 2.09. The Balaban J connectivity index is 1.83. The molecule has 8 heteroatoms. The van der Waals surface area contributed by atoms with E-state index in [0.29, 0.717) is 29.4 Å². The Labute approximate surface area is 183 Å². The molecule has 0 aliphatic carbocycles. The van der Waals surface area contributed by atoms with Gasteiger partial charge >= 0.3 is 0 Å². The van der Waals surface area contributed by atoms with Gasteiger partial charge in [-0.3, -0.25) is 25.8 Å². The highest BCUT2D eigenvalue weighted by molar-refractivity contribution is 14.1. The van der Waals surface area contributed by atoms with Gasteiger partial charge in [-0.15, -0.1) is 0 Å². The first-order valence-corrected chi connectivity index (χ1v) is 10.2. The molecule has 2 rings (SSSR count). The van der Waals surface area contributed by atoms with Gasteiger partial charge in [0.05, 0.1) is 6.61 Å². The van der Waals surface area contributed by atoms with Gasteiger partial charge in [0.1, 0.15) is 5.75 Å². The number of benzene rings is 2. The normalized spacial score (nSPS) is 10.3. The Morgan fingerprint density at radius 3 is 2.29 bits per heavy atom. The average molecular weight is 511 g/mol. The molecule has 2 amide bonds. The van der Waals surface area contributed by atoms with Crippen molar-refractivity contribution >= 4 is 51.7 Å². The van der Waals surface area contributed by atoms with Crippen molar-refractivity contribution in [3.8, 4) is 5.75 Å². The van der Waals surface area contributed by atoms with E-state index in [0.717, 1.165) is 9.13 Å². The zero-order chi connectivity index (χ0) is 20.7. The van der Waals surface area contributed by atoms with Gasteiger partial charge in [0, 0.05) is 14.7 Å². The van der Waals surface area contributed by atoms with Crippen LogP contribution < -0.4 is 20.9 Å². The number of nitrogens with one attached hydrogen (secondary N) is 3. The number of hydrogen-bond acceptors (Lipinski definition) is 4. The fraction of sp³-hybridized carbons (Fsp3) is 0.250. The molecular formula is C20H22IN3O3S. The van der Waals surface area contributed by atoms with Crippen LogP contribution in [0.4, 0.5) is 0 Å². The summed E-state index contributed by atoms with van der Waals surface area (Å²) in [6, 6.07) is 12.1. The van der Waals surface area contributed by atoms with Gasteiger partial charge in [0.2, 0.25) is 0 Å². The molecule has 0 aliphatic rings. The molecular weight excluding hydrogens is 489 g/mol. The van der Waals surface area contributed by atoms with E-state index in [1.165, 1.54) is 0 Å². The summed E-state index contributed by atoms with van der Waals surface area (Å²) < 4.78 is 6.57. The topological polar surface area (TPSA) is 79.5 Å². The highest BCUT2D eigenvalue weighted by Gasteiger charge is 2.11. The number of aryl methyl sites for hydroxylation is 1. The minimum absolute atomic E-state index is 0.00539. The molecule has 148 valence electrons. The van der Waals surface area contributed by atoms with Gasteiger partial charge in [0.25, 0.3) is 11.8 Å². The fourth-order valence-corrected chi connectivity index (χ4v) is 2.75. The largest absolute Gasteiger partial charge is 0.493 e. The molecule has 0 saturated carbocycles. The van der Waals surface area contributed by atoms with Crippen molar-refractivity contribution < 1.29 is 14.3 Å². The zero-order valence-electron chi connectivity index (χ0n) is 15.8. The van der Waals surface area contributed by atoms with Crippen LogP contribution in [0.3, 0.4) is 0 Å². The van der Waals surface area contributed by atoms with Crippen molar-refractivity contribution in [2.75, 3.05) is 6.61 Å². The predicted octanol–water partition coefficient (Wildman–Crippen LogP) is 3.58. The number of amides is 2. The third kappa shape index (κ3) is 6.75. The van der Waals surface area contributed by atoms with Gasteiger partial charge in [-0.2, -0.15) is 0 Å². The average Bonchev–Trinajstić information content (AvgIpc) is 2.66. The molecule has 0 aliphatic heterocycles. The van der Waals surface area contributed by atoms with Gasteiger partial charge < -0.3 is 4.74 Å². The van der Waals surface area contributed by atoms with Crippen molar-refractivity contribution in [3.05, 3.63) is 62.7 Å². The lowest BCUT2D eigenvalue weighted by atomic mass is 10.1. The van der Waals surface area contributed by atoms with E-state index in [4.69, 9.17) is 17.0 Å². The first kappa shape index (κ1) is 22.1. The minimum Gasteiger partial charge on any atom is -0.493 e. The van der Waals surface area contributed by atoms with Gasteiger partial charge in [-0.1, -0.05) is 19.9 Å². The van der Waals surface area contributed by atoms with Crippen molar-refractivity contribution in [3.63, 3.8) is 0 Å². The van der Waals surface area contributed by atoms with Crippen LogP contribution in [0.25, 0.3) is 0 Å². The number of hydrazine groups is 1. The van der Waals surface area contributed by atoms with E-state index in [1.807, 2.05) is 13.0 Å². The number of thiocarbonyl (C=S) groups is 1. The first-order valence-electron chi connectivity index (χ1n) is 8.67. The molecule has 2 aromatic rings. The molecule has 3 N–H and O–H groups in total. The van der Waals surface area contributed by atoms with Crippen molar-refractivity contribution in [2.45, 2.75) is 20.8 Å². The summed E-state index contributed by atoms with van der Waals surface area (Å²) in [6.45, 7) is 6.71. The molecule has 2 aromatic carbocycles. The van der Waals surface area contributed by atoms with E-state index in [1.54, 1.807) is 36.4 Å². The smallest absolute Gasteiger partial charge is 0.269 e. The summed E-state index contributed by atoms with van der Waals surface area (Å²) in [4.78, 5) is 24.4. The third-order valence-electron chi connectivity index (χ3n) is 3.65. The Morgan fingerprint density at radius 2 is 1.68 bits per heavy atom.